The highest BCUT2D eigenvalue weighted by Gasteiger charge is 2.06. The predicted octanol–water partition coefficient (Wildman–Crippen LogP) is 4.69. The molecule has 1 rings (SSSR count). The largest absolute Gasteiger partial charge is 0.310 e. The van der Waals surface area contributed by atoms with Crippen LogP contribution >= 0.6 is 0 Å². The highest BCUT2D eigenvalue weighted by atomic mass is 15.3. The van der Waals surface area contributed by atoms with Crippen LogP contribution in [0.5, 0.6) is 0 Å². The summed E-state index contributed by atoms with van der Waals surface area (Å²) in [4.78, 5) is 0. The number of aromatic nitrogens is 2. The van der Waals surface area contributed by atoms with E-state index < -0.39 is 0 Å². The average Bonchev–Trinajstić information content (AvgIpc) is 2.91. The molecule has 0 amide bonds. The minimum absolute atomic E-state index is 0.410. The minimum Gasteiger partial charge on any atom is -0.310 e. The van der Waals surface area contributed by atoms with Crippen LogP contribution < -0.4 is 5.32 Å². The summed E-state index contributed by atoms with van der Waals surface area (Å²) in [5.41, 5.74) is 1.30. The van der Waals surface area contributed by atoms with Crippen molar-refractivity contribution in [3.05, 3.63) is 18.0 Å². The van der Waals surface area contributed by atoms with E-state index in [9.17, 15) is 0 Å². The minimum atomic E-state index is 0.410. The molecule has 0 aliphatic rings. The third-order valence-electron chi connectivity index (χ3n) is 3.90. The summed E-state index contributed by atoms with van der Waals surface area (Å²) in [6.45, 7) is 8.68. The molecule has 0 aliphatic heterocycles. The van der Waals surface area contributed by atoms with Gasteiger partial charge in [-0.3, -0.25) is 4.68 Å². The summed E-state index contributed by atoms with van der Waals surface area (Å²) in [7, 11) is 0. The van der Waals surface area contributed by atoms with Gasteiger partial charge >= 0.3 is 0 Å². The highest BCUT2D eigenvalue weighted by molar-refractivity contribution is 5.08. The summed E-state index contributed by atoms with van der Waals surface area (Å²) in [6.07, 6.45) is 15.1. The summed E-state index contributed by atoms with van der Waals surface area (Å²) in [5, 5.41) is 7.88. The summed E-state index contributed by atoms with van der Waals surface area (Å²) in [5.74, 6) is 0. The van der Waals surface area contributed by atoms with Crippen molar-refractivity contribution in [1.82, 2.24) is 15.1 Å². The van der Waals surface area contributed by atoms with Gasteiger partial charge in [-0.15, -0.1) is 0 Å². The number of hydrogen-bond donors (Lipinski definition) is 1. The molecule has 1 unspecified atom stereocenters. The van der Waals surface area contributed by atoms with E-state index in [-0.39, 0.29) is 0 Å². The molecule has 1 aromatic rings. The van der Waals surface area contributed by atoms with E-state index in [1.807, 2.05) is 6.20 Å². The van der Waals surface area contributed by atoms with Crippen molar-refractivity contribution in [2.24, 2.45) is 0 Å². The lowest BCUT2D eigenvalue weighted by molar-refractivity contribution is 0.519. The molecule has 3 nitrogen and oxygen atoms in total. The van der Waals surface area contributed by atoms with Crippen LogP contribution in [-0.2, 0) is 6.54 Å². The van der Waals surface area contributed by atoms with Gasteiger partial charge in [-0.25, -0.2) is 0 Å². The Bertz CT molecular complexity index is 333. The van der Waals surface area contributed by atoms with E-state index in [4.69, 9.17) is 0 Å². The molecule has 1 heterocycles. The van der Waals surface area contributed by atoms with Gasteiger partial charge in [0.1, 0.15) is 0 Å². The number of hydrogen-bond acceptors (Lipinski definition) is 2. The number of nitrogens with zero attached hydrogens (tertiary/aromatic N) is 2. The normalized spacial score (nSPS) is 12.8. The summed E-state index contributed by atoms with van der Waals surface area (Å²) >= 11 is 0. The Morgan fingerprint density at radius 3 is 2.35 bits per heavy atom. The van der Waals surface area contributed by atoms with Crippen LogP contribution in [0.2, 0.25) is 0 Å². The quantitative estimate of drug-likeness (QED) is 0.562. The van der Waals surface area contributed by atoms with Crippen LogP contribution in [0.1, 0.15) is 83.7 Å². The first-order chi connectivity index (χ1) is 9.77. The Hall–Kier alpha value is -0.830. The zero-order chi connectivity index (χ0) is 14.6. The van der Waals surface area contributed by atoms with Crippen LogP contribution in [-0.4, -0.2) is 16.3 Å². The van der Waals surface area contributed by atoms with Gasteiger partial charge in [0.2, 0.25) is 0 Å². The van der Waals surface area contributed by atoms with Crippen molar-refractivity contribution in [1.29, 1.82) is 0 Å². The molecular weight excluding hydrogens is 246 g/mol. The van der Waals surface area contributed by atoms with E-state index in [0.717, 1.165) is 13.1 Å². The van der Waals surface area contributed by atoms with Crippen LogP contribution in [0.3, 0.4) is 0 Å². The third kappa shape index (κ3) is 7.09. The Kier molecular flexibility index (Phi) is 9.38. The van der Waals surface area contributed by atoms with Crippen LogP contribution in [0.15, 0.2) is 12.4 Å². The lowest BCUT2D eigenvalue weighted by Crippen LogP contribution is -2.17. The number of unbranched alkanes of at least 4 members (excludes halogenated alkanes) is 7. The molecule has 0 saturated carbocycles. The van der Waals surface area contributed by atoms with E-state index >= 15 is 0 Å². The first-order valence-corrected chi connectivity index (χ1v) is 8.53. The lowest BCUT2D eigenvalue weighted by atomic mass is 10.1. The highest BCUT2D eigenvalue weighted by Crippen LogP contribution is 2.12. The van der Waals surface area contributed by atoms with Gasteiger partial charge in [-0.2, -0.15) is 5.10 Å². The van der Waals surface area contributed by atoms with E-state index in [2.05, 4.69) is 42.1 Å². The van der Waals surface area contributed by atoms with Crippen molar-refractivity contribution in [3.63, 3.8) is 0 Å². The van der Waals surface area contributed by atoms with Crippen LogP contribution in [0.25, 0.3) is 0 Å². The first kappa shape index (κ1) is 17.2. The fraction of sp³-hybridized carbons (Fsp3) is 0.824. The topological polar surface area (TPSA) is 29.9 Å². The number of nitrogens with one attached hydrogen (secondary N) is 1. The number of rotatable bonds is 12. The zero-order valence-electron chi connectivity index (χ0n) is 13.7. The average molecular weight is 279 g/mol. The molecule has 0 bridgehead atoms. The Labute approximate surface area is 125 Å². The molecule has 116 valence electrons. The molecule has 20 heavy (non-hydrogen) atoms. The Morgan fingerprint density at radius 2 is 1.70 bits per heavy atom. The van der Waals surface area contributed by atoms with Gasteiger partial charge in [0, 0.05) is 24.3 Å². The third-order valence-corrected chi connectivity index (χ3v) is 3.90. The summed E-state index contributed by atoms with van der Waals surface area (Å²) < 4.78 is 2.10. The SMILES string of the molecule is CCCCCCCCCCn1cc(C(C)NCC)cn1. The second-order valence-corrected chi connectivity index (χ2v) is 5.79. The predicted molar refractivity (Wildman–Crippen MR) is 86.9 cm³/mol. The summed E-state index contributed by atoms with van der Waals surface area (Å²) in [6, 6.07) is 0.410. The van der Waals surface area contributed by atoms with Crippen molar-refractivity contribution in [2.75, 3.05) is 6.54 Å². The smallest absolute Gasteiger partial charge is 0.0537 e. The van der Waals surface area contributed by atoms with Gasteiger partial charge < -0.3 is 5.32 Å². The van der Waals surface area contributed by atoms with Crippen LogP contribution in [0, 0.1) is 0 Å². The molecule has 0 spiro atoms. The first-order valence-electron chi connectivity index (χ1n) is 8.53. The monoisotopic (exact) mass is 279 g/mol. The lowest BCUT2D eigenvalue weighted by Gasteiger charge is -2.08. The van der Waals surface area contributed by atoms with E-state index in [0.29, 0.717) is 6.04 Å². The van der Waals surface area contributed by atoms with Crippen molar-refractivity contribution in [3.8, 4) is 0 Å². The van der Waals surface area contributed by atoms with E-state index in [1.165, 1.54) is 56.9 Å². The van der Waals surface area contributed by atoms with Gasteiger partial charge in [0.15, 0.2) is 0 Å². The molecule has 0 aromatic carbocycles. The fourth-order valence-electron chi connectivity index (χ4n) is 2.56. The Morgan fingerprint density at radius 1 is 1.05 bits per heavy atom. The molecule has 1 N–H and O–H groups in total. The molecule has 0 fully saturated rings. The maximum atomic E-state index is 4.45. The van der Waals surface area contributed by atoms with E-state index in [1.54, 1.807) is 0 Å². The molecule has 0 saturated heterocycles. The van der Waals surface area contributed by atoms with Gasteiger partial charge in [-0.1, -0.05) is 58.8 Å². The van der Waals surface area contributed by atoms with Crippen LogP contribution in [0.4, 0.5) is 0 Å². The zero-order valence-corrected chi connectivity index (χ0v) is 13.7. The molecule has 1 atom stereocenters. The second kappa shape index (κ2) is 10.9. The maximum absolute atomic E-state index is 4.45. The van der Waals surface area contributed by atoms with Crippen molar-refractivity contribution >= 4 is 0 Å². The second-order valence-electron chi connectivity index (χ2n) is 5.79. The van der Waals surface area contributed by atoms with Crippen molar-refractivity contribution in [2.45, 2.75) is 84.7 Å². The molecule has 1 aromatic heterocycles. The Balaban J connectivity index is 2.07. The number of aryl methyl sites for hydroxylation is 1. The molecule has 3 heteroatoms. The molecular formula is C17H33N3. The maximum Gasteiger partial charge on any atom is 0.0537 e. The molecule has 0 radical (unpaired) electrons. The standard InChI is InChI=1S/C17H33N3/c1-4-6-7-8-9-10-11-12-13-20-15-17(14-19-20)16(3)18-5-2/h14-16,18H,4-13H2,1-3H3. The fourth-order valence-corrected chi connectivity index (χ4v) is 2.56. The van der Waals surface area contributed by atoms with Crippen molar-refractivity contribution < 1.29 is 0 Å². The van der Waals surface area contributed by atoms with Gasteiger partial charge in [0.25, 0.3) is 0 Å². The molecule has 0 aliphatic carbocycles. The van der Waals surface area contributed by atoms with Gasteiger partial charge in [-0.05, 0) is 19.9 Å². The van der Waals surface area contributed by atoms with Gasteiger partial charge in [0.05, 0.1) is 6.20 Å².